The molecule has 114 valence electrons. The van der Waals surface area contributed by atoms with Crippen molar-refractivity contribution >= 4 is 17.8 Å². The van der Waals surface area contributed by atoms with Crippen LogP contribution in [0.25, 0.3) is 0 Å². The van der Waals surface area contributed by atoms with Crippen molar-refractivity contribution in [1.29, 1.82) is 0 Å². The van der Waals surface area contributed by atoms with Crippen LogP contribution >= 0.6 is 0 Å². The van der Waals surface area contributed by atoms with Gasteiger partial charge in [0.25, 0.3) is 5.91 Å². The Hall–Kier alpha value is -2.37. The van der Waals surface area contributed by atoms with Crippen LogP contribution in [0.4, 0.5) is 0 Å². The second kappa shape index (κ2) is 8.73. The average molecular weight is 292 g/mol. The number of hydrogen-bond donors (Lipinski definition) is 1. The van der Waals surface area contributed by atoms with Gasteiger partial charge in [0.15, 0.2) is 0 Å². The predicted molar refractivity (Wildman–Crippen MR) is 77.7 cm³/mol. The molecule has 0 radical (unpaired) electrons. The highest BCUT2D eigenvalue weighted by atomic mass is 16.5. The quantitative estimate of drug-likeness (QED) is 0.755. The molecular weight excluding hydrogens is 272 g/mol. The van der Waals surface area contributed by atoms with Gasteiger partial charge in [-0.2, -0.15) is 0 Å². The molecule has 1 N–H and O–H groups in total. The van der Waals surface area contributed by atoms with Gasteiger partial charge in [-0.1, -0.05) is 18.2 Å². The van der Waals surface area contributed by atoms with Gasteiger partial charge in [0.05, 0.1) is 13.5 Å². The summed E-state index contributed by atoms with van der Waals surface area (Å²) in [6, 6.07) is 8.81. The van der Waals surface area contributed by atoms with Gasteiger partial charge in [-0.3, -0.25) is 14.4 Å². The van der Waals surface area contributed by atoms with E-state index in [0.717, 1.165) is 0 Å². The van der Waals surface area contributed by atoms with Gasteiger partial charge in [-0.25, -0.2) is 0 Å². The number of hydrogen-bond acceptors (Lipinski definition) is 4. The third-order valence-electron chi connectivity index (χ3n) is 2.88. The minimum atomic E-state index is -0.375. The summed E-state index contributed by atoms with van der Waals surface area (Å²) in [5, 5.41) is 2.63. The van der Waals surface area contributed by atoms with E-state index in [4.69, 9.17) is 0 Å². The fourth-order valence-corrected chi connectivity index (χ4v) is 1.77. The summed E-state index contributed by atoms with van der Waals surface area (Å²) in [5.74, 6) is -0.708. The number of esters is 1. The molecule has 0 aliphatic rings. The van der Waals surface area contributed by atoms with Crippen LogP contribution in [-0.4, -0.2) is 49.4 Å². The molecule has 0 unspecified atom stereocenters. The van der Waals surface area contributed by atoms with Crippen molar-refractivity contribution in [1.82, 2.24) is 10.2 Å². The second-order valence-corrected chi connectivity index (χ2v) is 4.47. The molecule has 0 saturated carbocycles. The van der Waals surface area contributed by atoms with Crippen LogP contribution in [-0.2, 0) is 14.3 Å². The standard InChI is InChI=1S/C15H20N2O4/c1-12(18)16-9-11-17(10-8-14(19)21-2)15(20)13-6-4-3-5-7-13/h3-7H,8-11H2,1-2H3,(H,16,18). The van der Waals surface area contributed by atoms with Crippen LogP contribution in [0.3, 0.4) is 0 Å². The molecule has 6 nitrogen and oxygen atoms in total. The number of benzene rings is 1. The summed E-state index contributed by atoms with van der Waals surface area (Å²) in [4.78, 5) is 36.0. The summed E-state index contributed by atoms with van der Waals surface area (Å²) in [5.41, 5.74) is 0.546. The maximum absolute atomic E-state index is 12.4. The number of carbonyl (C=O) groups is 3. The summed E-state index contributed by atoms with van der Waals surface area (Å²) >= 11 is 0. The normalized spacial score (nSPS) is 9.81. The minimum absolute atomic E-state index is 0.120. The Balaban J connectivity index is 2.67. The van der Waals surface area contributed by atoms with E-state index >= 15 is 0 Å². The number of rotatable bonds is 7. The lowest BCUT2D eigenvalue weighted by Crippen LogP contribution is -2.39. The third-order valence-corrected chi connectivity index (χ3v) is 2.88. The summed E-state index contributed by atoms with van der Waals surface area (Å²) < 4.78 is 4.58. The lowest BCUT2D eigenvalue weighted by molar-refractivity contribution is -0.140. The number of nitrogens with zero attached hydrogens (tertiary/aromatic N) is 1. The average Bonchev–Trinajstić information content (AvgIpc) is 2.50. The number of methoxy groups -OCH3 is 1. The van der Waals surface area contributed by atoms with E-state index in [1.165, 1.54) is 18.9 Å². The van der Waals surface area contributed by atoms with Crippen molar-refractivity contribution in [3.05, 3.63) is 35.9 Å². The summed E-state index contributed by atoms with van der Waals surface area (Å²) in [6.45, 7) is 2.34. The molecule has 1 rings (SSSR count). The molecule has 1 aromatic rings. The Morgan fingerprint density at radius 3 is 2.38 bits per heavy atom. The first-order valence-corrected chi connectivity index (χ1v) is 6.70. The van der Waals surface area contributed by atoms with E-state index in [2.05, 4.69) is 10.1 Å². The van der Waals surface area contributed by atoms with Crippen LogP contribution in [0.5, 0.6) is 0 Å². The SMILES string of the molecule is COC(=O)CCN(CCNC(C)=O)C(=O)c1ccccc1. The topological polar surface area (TPSA) is 75.7 Å². The van der Waals surface area contributed by atoms with Crippen LogP contribution in [0.2, 0.25) is 0 Å². The molecule has 0 spiro atoms. The van der Waals surface area contributed by atoms with Crippen molar-refractivity contribution < 1.29 is 19.1 Å². The van der Waals surface area contributed by atoms with Crippen molar-refractivity contribution in [2.45, 2.75) is 13.3 Å². The van der Waals surface area contributed by atoms with Gasteiger partial charge in [0, 0.05) is 32.1 Å². The van der Waals surface area contributed by atoms with Crippen LogP contribution in [0.15, 0.2) is 30.3 Å². The number of carbonyl (C=O) groups excluding carboxylic acids is 3. The van der Waals surface area contributed by atoms with Crippen molar-refractivity contribution in [2.75, 3.05) is 26.7 Å². The van der Waals surface area contributed by atoms with E-state index in [1.807, 2.05) is 6.07 Å². The maximum atomic E-state index is 12.4. The van der Waals surface area contributed by atoms with Crippen LogP contribution in [0.1, 0.15) is 23.7 Å². The van der Waals surface area contributed by atoms with Gasteiger partial charge < -0.3 is 15.0 Å². The molecule has 0 bridgehead atoms. The van der Waals surface area contributed by atoms with Gasteiger partial charge in [0.1, 0.15) is 0 Å². The van der Waals surface area contributed by atoms with Crippen molar-refractivity contribution in [3.63, 3.8) is 0 Å². The lowest BCUT2D eigenvalue weighted by Gasteiger charge is -2.22. The Morgan fingerprint density at radius 2 is 1.81 bits per heavy atom. The van der Waals surface area contributed by atoms with Crippen molar-refractivity contribution in [2.24, 2.45) is 0 Å². The van der Waals surface area contributed by atoms with Crippen molar-refractivity contribution in [3.8, 4) is 0 Å². The van der Waals surface area contributed by atoms with Gasteiger partial charge in [-0.05, 0) is 12.1 Å². The molecule has 0 saturated heterocycles. The first kappa shape index (κ1) is 16.7. The largest absolute Gasteiger partial charge is 0.469 e. The summed E-state index contributed by atoms with van der Waals surface area (Å²) in [7, 11) is 1.31. The minimum Gasteiger partial charge on any atom is -0.469 e. The zero-order chi connectivity index (χ0) is 15.7. The maximum Gasteiger partial charge on any atom is 0.307 e. The molecule has 0 fully saturated rings. The van der Waals surface area contributed by atoms with E-state index in [0.29, 0.717) is 18.7 Å². The molecule has 0 heterocycles. The zero-order valence-corrected chi connectivity index (χ0v) is 12.3. The predicted octanol–water partition coefficient (Wildman–Crippen LogP) is 0.828. The molecule has 6 heteroatoms. The highest BCUT2D eigenvalue weighted by molar-refractivity contribution is 5.94. The molecule has 21 heavy (non-hydrogen) atoms. The summed E-state index contributed by atoms with van der Waals surface area (Å²) in [6.07, 6.45) is 0.120. The van der Waals surface area contributed by atoms with E-state index in [9.17, 15) is 14.4 Å². The van der Waals surface area contributed by atoms with Gasteiger partial charge in [-0.15, -0.1) is 0 Å². The first-order chi connectivity index (χ1) is 10.0. The van der Waals surface area contributed by atoms with E-state index in [1.54, 1.807) is 24.3 Å². The molecule has 0 atom stereocenters. The molecule has 1 aromatic carbocycles. The fraction of sp³-hybridized carbons (Fsp3) is 0.400. The van der Waals surface area contributed by atoms with E-state index < -0.39 is 0 Å². The second-order valence-electron chi connectivity index (χ2n) is 4.47. The van der Waals surface area contributed by atoms with Gasteiger partial charge >= 0.3 is 5.97 Å². The lowest BCUT2D eigenvalue weighted by atomic mass is 10.2. The Bertz CT molecular complexity index is 488. The fourth-order valence-electron chi connectivity index (χ4n) is 1.77. The number of amides is 2. The van der Waals surface area contributed by atoms with Crippen LogP contribution < -0.4 is 5.32 Å². The molecular formula is C15H20N2O4. The van der Waals surface area contributed by atoms with Crippen LogP contribution in [0, 0.1) is 0 Å². The zero-order valence-electron chi connectivity index (χ0n) is 12.3. The third kappa shape index (κ3) is 6.07. The molecule has 0 aliphatic carbocycles. The molecule has 0 aromatic heterocycles. The molecule has 0 aliphatic heterocycles. The molecule has 2 amide bonds. The highest BCUT2D eigenvalue weighted by Gasteiger charge is 2.16. The van der Waals surface area contributed by atoms with Gasteiger partial charge in [0.2, 0.25) is 5.91 Å². The monoisotopic (exact) mass is 292 g/mol. The number of ether oxygens (including phenoxy) is 1. The highest BCUT2D eigenvalue weighted by Crippen LogP contribution is 2.05. The Labute approximate surface area is 124 Å². The number of nitrogens with one attached hydrogen (secondary N) is 1. The Morgan fingerprint density at radius 1 is 1.14 bits per heavy atom. The Kier molecular flexibility index (Phi) is 6.94. The smallest absolute Gasteiger partial charge is 0.307 e. The first-order valence-electron chi connectivity index (χ1n) is 6.70. The van der Waals surface area contributed by atoms with E-state index in [-0.39, 0.29) is 30.7 Å².